The number of hydrogen-bond donors (Lipinski definition) is 5. The van der Waals surface area contributed by atoms with Gasteiger partial charge < -0.3 is 26.4 Å². The molecule has 4 atom stereocenters. The van der Waals surface area contributed by atoms with Gasteiger partial charge in [0.05, 0.1) is 24.9 Å². The lowest BCUT2D eigenvalue weighted by Crippen LogP contribution is -2.46. The van der Waals surface area contributed by atoms with Crippen LogP contribution >= 0.6 is 0 Å². The Balaban J connectivity index is 2.47. The molecule has 0 spiro atoms. The third-order valence-corrected chi connectivity index (χ3v) is 2.00. The van der Waals surface area contributed by atoms with E-state index in [4.69, 9.17) is 15.9 Å². The smallest absolute Gasteiger partial charge is 0.0949 e. The van der Waals surface area contributed by atoms with Crippen LogP contribution in [0.15, 0.2) is 0 Å². The monoisotopic (exact) mass is 162 g/mol. The molecule has 6 N–H and O–H groups in total. The van der Waals surface area contributed by atoms with Crippen LogP contribution in [0.2, 0.25) is 0 Å². The molecule has 1 aliphatic heterocycles. The molecular weight excluding hydrogens is 148 g/mol. The van der Waals surface area contributed by atoms with Gasteiger partial charge in [-0.05, 0) is 0 Å². The molecule has 0 radical (unpaired) electrons. The average Bonchev–Trinajstić information content (AvgIpc) is 2.32. The number of nitrogens with two attached hydrogens (primary N) is 1. The molecule has 11 heavy (non-hydrogen) atoms. The minimum Gasteiger partial charge on any atom is -0.394 e. The van der Waals surface area contributed by atoms with Gasteiger partial charge in [-0.25, -0.2) is 0 Å². The Bertz CT molecular complexity index is 133. The summed E-state index contributed by atoms with van der Waals surface area (Å²) >= 11 is 0. The van der Waals surface area contributed by atoms with Crippen LogP contribution in [0.5, 0.6) is 0 Å². The molecule has 0 amide bonds. The van der Waals surface area contributed by atoms with E-state index in [2.05, 4.69) is 5.32 Å². The maximum Gasteiger partial charge on any atom is 0.0949 e. The predicted molar refractivity (Wildman–Crippen MR) is 38.9 cm³/mol. The quantitative estimate of drug-likeness (QED) is 0.298. The Hall–Kier alpha value is -0.200. The van der Waals surface area contributed by atoms with Crippen LogP contribution in [0.3, 0.4) is 0 Å². The number of aliphatic hydroxyl groups excluding tert-OH is 3. The summed E-state index contributed by atoms with van der Waals surface area (Å²) in [6.07, 6.45) is -1.70. The second kappa shape index (κ2) is 3.46. The molecule has 0 aliphatic carbocycles. The Kier molecular flexibility index (Phi) is 2.80. The van der Waals surface area contributed by atoms with E-state index in [1.807, 2.05) is 0 Å². The SMILES string of the molecule is N[C@H]1CN[C@@H]([C@H](O)CO)[C@@H]1O. The first-order chi connectivity index (χ1) is 5.16. The van der Waals surface area contributed by atoms with Crippen LogP contribution in [0.1, 0.15) is 0 Å². The first-order valence-electron chi connectivity index (χ1n) is 3.62. The zero-order valence-electron chi connectivity index (χ0n) is 6.14. The van der Waals surface area contributed by atoms with E-state index in [0.717, 1.165) is 0 Å². The fraction of sp³-hybridized carbons (Fsp3) is 1.00. The van der Waals surface area contributed by atoms with Crippen molar-refractivity contribution < 1.29 is 15.3 Å². The number of rotatable bonds is 2. The molecule has 0 aromatic heterocycles. The van der Waals surface area contributed by atoms with E-state index < -0.39 is 18.2 Å². The van der Waals surface area contributed by atoms with Gasteiger partial charge in [-0.2, -0.15) is 0 Å². The summed E-state index contributed by atoms with van der Waals surface area (Å²) in [5.74, 6) is 0. The van der Waals surface area contributed by atoms with Crippen molar-refractivity contribution in [2.75, 3.05) is 13.2 Å². The molecule has 0 unspecified atom stereocenters. The summed E-state index contributed by atoms with van der Waals surface area (Å²) < 4.78 is 0. The van der Waals surface area contributed by atoms with Crippen molar-refractivity contribution in [2.24, 2.45) is 5.73 Å². The summed E-state index contributed by atoms with van der Waals surface area (Å²) in [5.41, 5.74) is 5.46. The fourth-order valence-electron chi connectivity index (χ4n) is 1.26. The Morgan fingerprint density at radius 1 is 1.64 bits per heavy atom. The van der Waals surface area contributed by atoms with Crippen LogP contribution in [0, 0.1) is 0 Å². The standard InChI is InChI=1S/C6H14N2O3/c7-3-1-8-5(6(3)11)4(10)2-9/h3-6,8-11H,1-2,7H2/t3-,4+,5-,6+/m0/s1. The molecule has 1 aliphatic rings. The van der Waals surface area contributed by atoms with Crippen molar-refractivity contribution in [1.29, 1.82) is 0 Å². The first kappa shape index (κ1) is 8.89. The van der Waals surface area contributed by atoms with Gasteiger partial charge in [0.15, 0.2) is 0 Å². The largest absolute Gasteiger partial charge is 0.394 e. The highest BCUT2D eigenvalue weighted by Crippen LogP contribution is 2.09. The first-order valence-corrected chi connectivity index (χ1v) is 3.62. The number of hydrogen-bond acceptors (Lipinski definition) is 5. The van der Waals surface area contributed by atoms with Crippen LogP contribution in [0.25, 0.3) is 0 Å². The molecule has 5 nitrogen and oxygen atoms in total. The molecule has 0 aromatic carbocycles. The van der Waals surface area contributed by atoms with E-state index in [1.54, 1.807) is 0 Å². The van der Waals surface area contributed by atoms with Crippen LogP contribution in [-0.2, 0) is 0 Å². The highest BCUT2D eigenvalue weighted by Gasteiger charge is 2.36. The summed E-state index contributed by atoms with van der Waals surface area (Å²) in [6.45, 7) is 0.115. The van der Waals surface area contributed by atoms with Crippen molar-refractivity contribution in [3.8, 4) is 0 Å². The van der Waals surface area contributed by atoms with E-state index >= 15 is 0 Å². The molecule has 0 aromatic rings. The van der Waals surface area contributed by atoms with Gasteiger partial charge in [-0.1, -0.05) is 0 Å². The number of aliphatic hydroxyl groups is 3. The second-order valence-electron chi connectivity index (χ2n) is 2.84. The number of nitrogens with one attached hydrogen (secondary N) is 1. The maximum atomic E-state index is 9.30. The van der Waals surface area contributed by atoms with E-state index in [-0.39, 0.29) is 12.6 Å². The summed E-state index contributed by atoms with van der Waals surface area (Å²) in [7, 11) is 0. The van der Waals surface area contributed by atoms with E-state index in [0.29, 0.717) is 6.54 Å². The van der Waals surface area contributed by atoms with Gasteiger partial charge >= 0.3 is 0 Å². The van der Waals surface area contributed by atoms with Crippen molar-refractivity contribution in [1.82, 2.24) is 5.32 Å². The van der Waals surface area contributed by atoms with Crippen molar-refractivity contribution >= 4 is 0 Å². The van der Waals surface area contributed by atoms with Gasteiger partial charge in [0, 0.05) is 12.6 Å². The highest BCUT2D eigenvalue weighted by atomic mass is 16.3. The topological polar surface area (TPSA) is 98.7 Å². The minimum atomic E-state index is -0.932. The second-order valence-corrected chi connectivity index (χ2v) is 2.84. The predicted octanol–water partition coefficient (Wildman–Crippen LogP) is -3.00. The third kappa shape index (κ3) is 1.69. The molecule has 66 valence electrons. The molecule has 1 fully saturated rings. The third-order valence-electron chi connectivity index (χ3n) is 2.00. The molecule has 0 saturated carbocycles. The Labute approximate surface area is 64.8 Å². The summed E-state index contributed by atoms with van der Waals surface area (Å²) in [6, 6.07) is -0.837. The zero-order valence-corrected chi connectivity index (χ0v) is 6.14. The lowest BCUT2D eigenvalue weighted by Gasteiger charge is -2.20. The van der Waals surface area contributed by atoms with Gasteiger partial charge in [0.25, 0.3) is 0 Å². The lowest BCUT2D eigenvalue weighted by molar-refractivity contribution is 0.0222. The van der Waals surface area contributed by atoms with E-state index in [9.17, 15) is 5.11 Å². The van der Waals surface area contributed by atoms with Crippen LogP contribution in [0.4, 0.5) is 0 Å². The van der Waals surface area contributed by atoms with Gasteiger partial charge in [-0.3, -0.25) is 0 Å². The normalized spacial score (nSPS) is 40.9. The molecule has 0 bridgehead atoms. The fourth-order valence-corrected chi connectivity index (χ4v) is 1.26. The van der Waals surface area contributed by atoms with Crippen LogP contribution < -0.4 is 11.1 Å². The van der Waals surface area contributed by atoms with Gasteiger partial charge in [0.2, 0.25) is 0 Å². The average molecular weight is 162 g/mol. The highest BCUT2D eigenvalue weighted by molar-refractivity contribution is 4.96. The zero-order chi connectivity index (χ0) is 8.43. The Morgan fingerprint density at radius 2 is 2.27 bits per heavy atom. The molecule has 1 heterocycles. The molecule has 1 rings (SSSR count). The summed E-state index contributed by atoms with van der Waals surface area (Å²) in [5, 5.41) is 29.8. The maximum absolute atomic E-state index is 9.30. The molecule has 5 heteroatoms. The lowest BCUT2D eigenvalue weighted by atomic mass is 10.1. The van der Waals surface area contributed by atoms with Gasteiger partial charge in [0.1, 0.15) is 0 Å². The van der Waals surface area contributed by atoms with E-state index in [1.165, 1.54) is 0 Å². The van der Waals surface area contributed by atoms with Crippen molar-refractivity contribution in [2.45, 2.75) is 24.3 Å². The molecule has 1 saturated heterocycles. The van der Waals surface area contributed by atoms with Crippen molar-refractivity contribution in [3.05, 3.63) is 0 Å². The van der Waals surface area contributed by atoms with Crippen molar-refractivity contribution in [3.63, 3.8) is 0 Å². The van der Waals surface area contributed by atoms with Crippen LogP contribution in [-0.4, -0.2) is 52.8 Å². The Morgan fingerprint density at radius 3 is 2.64 bits per heavy atom. The van der Waals surface area contributed by atoms with Gasteiger partial charge in [-0.15, -0.1) is 0 Å². The summed E-state index contributed by atoms with van der Waals surface area (Å²) in [4.78, 5) is 0. The minimum absolute atomic E-state index is 0.346. The molecular formula is C6H14N2O3.